The number of amides is 2. The highest BCUT2D eigenvalue weighted by Gasteiger charge is 2.31. The molecule has 1 aliphatic rings. The second-order valence-electron chi connectivity index (χ2n) is 5.99. The fourth-order valence-corrected chi connectivity index (χ4v) is 2.74. The third-order valence-corrected chi connectivity index (χ3v) is 4.19. The molecule has 1 aliphatic heterocycles. The Balaban J connectivity index is 1.59. The molecule has 2 aromatic carbocycles. The summed E-state index contributed by atoms with van der Waals surface area (Å²) in [6.45, 7) is 2.25. The molecule has 0 aromatic heterocycles. The topological polar surface area (TPSA) is 77.1 Å². The molecule has 0 bridgehead atoms. The van der Waals surface area contributed by atoms with Crippen molar-refractivity contribution in [2.24, 2.45) is 0 Å². The second kappa shape index (κ2) is 8.44. The number of fused-ring (bicyclic) bond motifs is 1. The number of carbonyl (C=O) groups is 2. The summed E-state index contributed by atoms with van der Waals surface area (Å²) in [4.78, 5) is 26.5. The summed E-state index contributed by atoms with van der Waals surface area (Å²) in [7, 11) is 1.58. The summed E-state index contributed by atoms with van der Waals surface area (Å²) in [5.74, 6) is 1.28. The van der Waals surface area contributed by atoms with Gasteiger partial charge in [0, 0.05) is 12.2 Å². The first-order chi connectivity index (χ1) is 13.1. The van der Waals surface area contributed by atoms with Gasteiger partial charge in [-0.25, -0.2) is 0 Å². The Morgan fingerprint density at radius 1 is 1.15 bits per heavy atom. The molecule has 142 valence electrons. The van der Waals surface area contributed by atoms with Crippen LogP contribution < -0.4 is 19.5 Å². The van der Waals surface area contributed by atoms with E-state index in [2.05, 4.69) is 5.32 Å². The molecule has 0 aliphatic carbocycles. The largest absolute Gasteiger partial charge is 0.497 e. The van der Waals surface area contributed by atoms with Gasteiger partial charge in [-0.2, -0.15) is 0 Å². The molecule has 2 amide bonds. The Morgan fingerprint density at radius 2 is 1.85 bits per heavy atom. The van der Waals surface area contributed by atoms with Gasteiger partial charge in [0.1, 0.15) is 12.4 Å². The van der Waals surface area contributed by atoms with Gasteiger partial charge in [0.15, 0.2) is 11.5 Å². The van der Waals surface area contributed by atoms with Crippen molar-refractivity contribution in [2.45, 2.75) is 13.0 Å². The molecule has 0 spiro atoms. The van der Waals surface area contributed by atoms with Gasteiger partial charge in [0.2, 0.25) is 12.0 Å². The van der Waals surface area contributed by atoms with Crippen LogP contribution in [0.1, 0.15) is 6.92 Å². The van der Waals surface area contributed by atoms with E-state index in [1.54, 1.807) is 43.5 Å². The lowest BCUT2D eigenvalue weighted by Crippen LogP contribution is -2.48. The average Bonchev–Trinajstić information content (AvgIpc) is 2.71. The maximum Gasteiger partial charge on any atom is 0.267 e. The molecule has 0 radical (unpaired) electrons. The molecule has 7 heteroatoms. The van der Waals surface area contributed by atoms with Crippen LogP contribution >= 0.6 is 0 Å². The molecule has 0 saturated heterocycles. The maximum atomic E-state index is 12.7. The molecule has 3 rings (SSSR count). The summed E-state index contributed by atoms with van der Waals surface area (Å²) >= 11 is 0. The summed E-state index contributed by atoms with van der Waals surface area (Å²) in [5, 5.41) is 2.77. The van der Waals surface area contributed by atoms with Crippen molar-refractivity contribution in [3.8, 4) is 17.2 Å². The standard InChI is InChI=1S/C20H22N2O5/c1-3-22(12-19(23)21-14-8-10-15(25-2)11-9-14)20(24)18-13-26-16-6-4-5-7-17(16)27-18/h4-11,18H,3,12-13H2,1-2H3,(H,21,23)/t18-/m0/s1. The predicted molar refractivity (Wildman–Crippen MR) is 100 cm³/mol. The average molecular weight is 370 g/mol. The van der Waals surface area contributed by atoms with Crippen LogP contribution in [-0.2, 0) is 9.59 Å². The zero-order chi connectivity index (χ0) is 19.2. The Morgan fingerprint density at radius 3 is 2.52 bits per heavy atom. The van der Waals surface area contributed by atoms with Gasteiger partial charge in [-0.3, -0.25) is 9.59 Å². The SMILES string of the molecule is CCN(CC(=O)Nc1ccc(OC)cc1)C(=O)[C@@H]1COc2ccccc2O1. The zero-order valence-electron chi connectivity index (χ0n) is 15.3. The van der Waals surface area contributed by atoms with Gasteiger partial charge < -0.3 is 24.4 Å². The minimum Gasteiger partial charge on any atom is -0.497 e. The molecule has 2 aromatic rings. The number of ether oxygens (including phenoxy) is 3. The minimum atomic E-state index is -0.770. The molecule has 7 nitrogen and oxygen atoms in total. The Kier molecular flexibility index (Phi) is 5.80. The third-order valence-electron chi connectivity index (χ3n) is 4.19. The van der Waals surface area contributed by atoms with Crippen LogP contribution in [0.5, 0.6) is 17.2 Å². The predicted octanol–water partition coefficient (Wildman–Crippen LogP) is 2.32. The van der Waals surface area contributed by atoms with Crippen LogP contribution in [-0.4, -0.2) is 49.6 Å². The van der Waals surface area contributed by atoms with E-state index in [0.29, 0.717) is 29.5 Å². The fourth-order valence-electron chi connectivity index (χ4n) is 2.74. The fraction of sp³-hybridized carbons (Fsp3) is 0.300. The van der Waals surface area contributed by atoms with E-state index in [1.165, 1.54) is 4.90 Å². The van der Waals surface area contributed by atoms with Gasteiger partial charge in [-0.15, -0.1) is 0 Å². The number of likely N-dealkylation sites (N-methyl/N-ethyl adjacent to an activating group) is 1. The summed E-state index contributed by atoms with van der Waals surface area (Å²) < 4.78 is 16.4. The normalized spacial score (nSPS) is 15.0. The van der Waals surface area contributed by atoms with E-state index < -0.39 is 6.10 Å². The first-order valence-corrected chi connectivity index (χ1v) is 8.72. The van der Waals surface area contributed by atoms with Crippen molar-refractivity contribution < 1.29 is 23.8 Å². The number of methoxy groups -OCH3 is 1. The van der Waals surface area contributed by atoms with Gasteiger partial charge in [0.05, 0.1) is 13.7 Å². The Labute approximate surface area is 157 Å². The highest BCUT2D eigenvalue weighted by Crippen LogP contribution is 2.31. The molecular formula is C20H22N2O5. The number of benzene rings is 2. The number of hydrogen-bond acceptors (Lipinski definition) is 5. The number of nitrogens with zero attached hydrogens (tertiary/aromatic N) is 1. The van der Waals surface area contributed by atoms with Crippen molar-refractivity contribution in [2.75, 3.05) is 32.1 Å². The van der Waals surface area contributed by atoms with E-state index in [0.717, 1.165) is 0 Å². The second-order valence-corrected chi connectivity index (χ2v) is 5.99. The number of rotatable bonds is 6. The maximum absolute atomic E-state index is 12.7. The number of nitrogens with one attached hydrogen (secondary N) is 1. The van der Waals surface area contributed by atoms with E-state index in [1.807, 2.05) is 19.1 Å². The quantitative estimate of drug-likeness (QED) is 0.844. The molecule has 1 heterocycles. The van der Waals surface area contributed by atoms with E-state index in [4.69, 9.17) is 14.2 Å². The number of carbonyl (C=O) groups excluding carboxylic acids is 2. The molecule has 1 N–H and O–H groups in total. The van der Waals surface area contributed by atoms with Gasteiger partial charge in [0.25, 0.3) is 5.91 Å². The zero-order valence-corrected chi connectivity index (χ0v) is 15.3. The van der Waals surface area contributed by atoms with Crippen LogP contribution in [0.2, 0.25) is 0 Å². The van der Waals surface area contributed by atoms with Gasteiger partial charge in [-0.05, 0) is 43.3 Å². The summed E-state index contributed by atoms with van der Waals surface area (Å²) in [6.07, 6.45) is -0.770. The Hall–Kier alpha value is -3.22. The van der Waals surface area contributed by atoms with Crippen LogP contribution in [0.4, 0.5) is 5.69 Å². The van der Waals surface area contributed by atoms with Crippen molar-refractivity contribution in [3.05, 3.63) is 48.5 Å². The molecule has 0 fully saturated rings. The number of hydrogen-bond donors (Lipinski definition) is 1. The monoisotopic (exact) mass is 370 g/mol. The van der Waals surface area contributed by atoms with Crippen LogP contribution in [0.3, 0.4) is 0 Å². The van der Waals surface area contributed by atoms with E-state index in [-0.39, 0.29) is 25.0 Å². The number of anilines is 1. The first kappa shape index (κ1) is 18.6. The van der Waals surface area contributed by atoms with Gasteiger partial charge >= 0.3 is 0 Å². The lowest BCUT2D eigenvalue weighted by atomic mass is 10.2. The number of para-hydroxylation sites is 2. The first-order valence-electron chi connectivity index (χ1n) is 8.72. The molecule has 0 saturated carbocycles. The summed E-state index contributed by atoms with van der Waals surface area (Å²) in [6, 6.07) is 14.2. The van der Waals surface area contributed by atoms with Crippen LogP contribution in [0, 0.1) is 0 Å². The minimum absolute atomic E-state index is 0.0666. The van der Waals surface area contributed by atoms with Crippen molar-refractivity contribution in [1.29, 1.82) is 0 Å². The van der Waals surface area contributed by atoms with Crippen LogP contribution in [0.15, 0.2) is 48.5 Å². The third kappa shape index (κ3) is 4.49. The smallest absolute Gasteiger partial charge is 0.267 e. The van der Waals surface area contributed by atoms with Crippen molar-refractivity contribution in [3.63, 3.8) is 0 Å². The van der Waals surface area contributed by atoms with Crippen LogP contribution in [0.25, 0.3) is 0 Å². The summed E-state index contributed by atoms with van der Waals surface area (Å²) in [5.41, 5.74) is 0.635. The Bertz CT molecular complexity index is 806. The van der Waals surface area contributed by atoms with Crippen molar-refractivity contribution in [1.82, 2.24) is 4.90 Å². The van der Waals surface area contributed by atoms with E-state index in [9.17, 15) is 9.59 Å². The lowest BCUT2D eigenvalue weighted by Gasteiger charge is -2.29. The van der Waals surface area contributed by atoms with Crippen molar-refractivity contribution >= 4 is 17.5 Å². The van der Waals surface area contributed by atoms with E-state index >= 15 is 0 Å². The highest BCUT2D eigenvalue weighted by atomic mass is 16.6. The lowest BCUT2D eigenvalue weighted by molar-refractivity contribution is -0.143. The molecule has 1 atom stereocenters. The molecular weight excluding hydrogens is 348 g/mol. The highest BCUT2D eigenvalue weighted by molar-refractivity contribution is 5.95. The molecule has 27 heavy (non-hydrogen) atoms. The molecule has 0 unspecified atom stereocenters. The van der Waals surface area contributed by atoms with Gasteiger partial charge in [-0.1, -0.05) is 12.1 Å².